The van der Waals surface area contributed by atoms with Crippen LogP contribution in [0.3, 0.4) is 0 Å². The smallest absolute Gasteiger partial charge is 0.237 e. The molecule has 0 N–H and O–H groups in total. The summed E-state index contributed by atoms with van der Waals surface area (Å²) >= 11 is 1.48. The zero-order chi connectivity index (χ0) is 16.2. The van der Waals surface area contributed by atoms with Gasteiger partial charge >= 0.3 is 0 Å². The number of carbonyl (C=O) groups is 1. The largest absolute Gasteiger partial charge is 0.312 e. The summed E-state index contributed by atoms with van der Waals surface area (Å²) in [5.74, 6) is 2.13. The van der Waals surface area contributed by atoms with Crippen molar-refractivity contribution in [2.24, 2.45) is 0 Å². The molecular weight excluding hydrogens is 308 g/mol. The van der Waals surface area contributed by atoms with E-state index in [1.54, 1.807) is 4.90 Å². The molecule has 23 heavy (non-hydrogen) atoms. The minimum Gasteiger partial charge on any atom is -0.312 e. The average Bonchev–Trinajstić information content (AvgIpc) is 3.34. The van der Waals surface area contributed by atoms with Gasteiger partial charge in [-0.2, -0.15) is 0 Å². The van der Waals surface area contributed by atoms with Crippen molar-refractivity contribution in [3.05, 3.63) is 36.2 Å². The van der Waals surface area contributed by atoms with Gasteiger partial charge in [0.25, 0.3) is 0 Å². The van der Waals surface area contributed by atoms with Crippen molar-refractivity contribution in [3.8, 4) is 0 Å². The number of carbonyl (C=O) groups excluding carboxylic acids is 1. The molecule has 5 nitrogen and oxygen atoms in total. The fourth-order valence-corrected chi connectivity index (χ4v) is 3.55. The zero-order valence-electron chi connectivity index (χ0n) is 13.6. The van der Waals surface area contributed by atoms with Gasteiger partial charge in [-0.1, -0.05) is 30.0 Å². The molecule has 3 rings (SSSR count). The summed E-state index contributed by atoms with van der Waals surface area (Å²) in [6, 6.07) is 9.79. The van der Waals surface area contributed by atoms with Crippen molar-refractivity contribution in [3.63, 3.8) is 0 Å². The van der Waals surface area contributed by atoms with Crippen molar-refractivity contribution in [2.45, 2.75) is 44.3 Å². The molecule has 0 aliphatic heterocycles. The molecule has 1 aliphatic rings. The number of amides is 1. The summed E-state index contributed by atoms with van der Waals surface area (Å²) < 4.78 is 2.15. The van der Waals surface area contributed by atoms with Gasteiger partial charge in [0.1, 0.15) is 5.82 Å². The van der Waals surface area contributed by atoms with Crippen LogP contribution in [-0.2, 0) is 11.3 Å². The average molecular weight is 330 g/mol. The highest BCUT2D eigenvalue weighted by atomic mass is 32.2. The molecule has 1 aromatic carbocycles. The van der Waals surface area contributed by atoms with Crippen LogP contribution in [0.4, 0.5) is 5.69 Å². The molecule has 0 atom stereocenters. The van der Waals surface area contributed by atoms with Gasteiger partial charge in [-0.15, -0.1) is 10.2 Å². The predicted molar refractivity (Wildman–Crippen MR) is 92.9 cm³/mol. The Balaban J connectivity index is 1.66. The number of hydrogen-bond acceptors (Lipinski definition) is 4. The van der Waals surface area contributed by atoms with Gasteiger partial charge < -0.3 is 9.47 Å². The predicted octanol–water partition coefficient (Wildman–Crippen LogP) is 3.32. The first-order valence-electron chi connectivity index (χ1n) is 8.15. The van der Waals surface area contributed by atoms with E-state index in [0.717, 1.165) is 23.2 Å². The molecule has 1 fully saturated rings. The quantitative estimate of drug-likeness (QED) is 0.731. The van der Waals surface area contributed by atoms with E-state index in [2.05, 4.69) is 21.7 Å². The summed E-state index contributed by atoms with van der Waals surface area (Å²) in [6.45, 7) is 5.61. The summed E-state index contributed by atoms with van der Waals surface area (Å²) in [5, 5.41) is 9.45. The lowest BCUT2D eigenvalue weighted by Crippen LogP contribution is -2.32. The normalized spacial score (nSPS) is 14.0. The number of hydrogen-bond donors (Lipinski definition) is 0. The summed E-state index contributed by atoms with van der Waals surface area (Å²) in [4.78, 5) is 14.4. The molecule has 1 amide bonds. The first-order chi connectivity index (χ1) is 11.2. The molecule has 0 unspecified atom stereocenters. The fraction of sp³-hybridized carbons (Fsp3) is 0.471. The molecule has 6 heteroatoms. The molecule has 1 heterocycles. The second kappa shape index (κ2) is 7.17. The number of aromatic nitrogens is 3. The summed E-state index contributed by atoms with van der Waals surface area (Å²) in [6.07, 6.45) is 2.42. The van der Waals surface area contributed by atoms with Crippen LogP contribution >= 0.6 is 11.8 Å². The van der Waals surface area contributed by atoms with Gasteiger partial charge in [0, 0.05) is 24.7 Å². The monoisotopic (exact) mass is 330 g/mol. The molecule has 1 saturated carbocycles. The van der Waals surface area contributed by atoms with Crippen LogP contribution in [0.25, 0.3) is 0 Å². The van der Waals surface area contributed by atoms with Gasteiger partial charge in [-0.3, -0.25) is 4.79 Å². The Hall–Kier alpha value is -1.82. The molecule has 122 valence electrons. The Labute approximate surface area is 141 Å². The highest BCUT2D eigenvalue weighted by Crippen LogP contribution is 2.40. The van der Waals surface area contributed by atoms with Crippen molar-refractivity contribution in [1.82, 2.24) is 14.8 Å². The van der Waals surface area contributed by atoms with Crippen molar-refractivity contribution in [2.75, 3.05) is 17.2 Å². The van der Waals surface area contributed by atoms with Crippen LogP contribution in [0.1, 0.15) is 38.4 Å². The van der Waals surface area contributed by atoms with E-state index in [1.807, 2.05) is 37.3 Å². The maximum atomic E-state index is 12.5. The molecule has 0 spiro atoms. The lowest BCUT2D eigenvalue weighted by atomic mass is 10.3. The zero-order valence-corrected chi connectivity index (χ0v) is 14.4. The third-order valence-electron chi connectivity index (χ3n) is 4.01. The Kier molecular flexibility index (Phi) is 5.00. The van der Waals surface area contributed by atoms with Gasteiger partial charge in [0.05, 0.1) is 5.75 Å². The topological polar surface area (TPSA) is 51.0 Å². The van der Waals surface area contributed by atoms with Gasteiger partial charge in [-0.05, 0) is 38.8 Å². The minimum absolute atomic E-state index is 0.0994. The highest BCUT2D eigenvalue weighted by molar-refractivity contribution is 7.99. The van der Waals surface area contributed by atoms with E-state index in [0.29, 0.717) is 18.2 Å². The maximum absolute atomic E-state index is 12.5. The number of para-hydroxylation sites is 1. The molecule has 0 bridgehead atoms. The van der Waals surface area contributed by atoms with Crippen LogP contribution in [0.5, 0.6) is 0 Å². The Bertz CT molecular complexity index is 666. The first-order valence-corrected chi connectivity index (χ1v) is 9.14. The Morgan fingerprint density at radius 2 is 2.00 bits per heavy atom. The highest BCUT2D eigenvalue weighted by Gasteiger charge is 2.30. The van der Waals surface area contributed by atoms with Gasteiger partial charge in [0.15, 0.2) is 5.16 Å². The standard InChI is InChI=1S/C17H22N4OS/c1-3-20(14-8-6-5-7-9-14)15(22)12-23-17-19-18-16(13-10-11-13)21(17)4-2/h5-9,13H,3-4,10-12H2,1-2H3. The van der Waals surface area contributed by atoms with Gasteiger partial charge in [0.2, 0.25) is 5.91 Å². The molecule has 2 aromatic rings. The van der Waals surface area contributed by atoms with Crippen LogP contribution in [0.15, 0.2) is 35.5 Å². The lowest BCUT2D eigenvalue weighted by molar-refractivity contribution is -0.116. The SMILES string of the molecule is CCN(C(=O)CSc1nnc(C2CC2)n1CC)c1ccccc1. The fourth-order valence-electron chi connectivity index (χ4n) is 2.66. The first kappa shape index (κ1) is 16.1. The van der Waals surface area contributed by atoms with Gasteiger partial charge in [-0.25, -0.2) is 0 Å². The number of benzene rings is 1. The van der Waals surface area contributed by atoms with Crippen LogP contribution in [0, 0.1) is 0 Å². The molecule has 1 aromatic heterocycles. The maximum Gasteiger partial charge on any atom is 0.237 e. The summed E-state index contributed by atoms with van der Waals surface area (Å²) in [7, 11) is 0. The molecular formula is C17H22N4OS. The number of rotatable bonds is 7. The van der Waals surface area contributed by atoms with E-state index >= 15 is 0 Å². The van der Waals surface area contributed by atoms with Crippen LogP contribution in [-0.4, -0.2) is 33.0 Å². The van der Waals surface area contributed by atoms with Crippen LogP contribution < -0.4 is 4.90 Å². The second-order valence-corrected chi connectivity index (χ2v) is 6.56. The molecule has 0 saturated heterocycles. The second-order valence-electron chi connectivity index (χ2n) is 5.62. The number of nitrogens with zero attached hydrogens (tertiary/aromatic N) is 4. The third-order valence-corrected chi connectivity index (χ3v) is 4.97. The van der Waals surface area contributed by atoms with E-state index in [-0.39, 0.29) is 5.91 Å². The number of anilines is 1. The van der Waals surface area contributed by atoms with Crippen molar-refractivity contribution in [1.29, 1.82) is 0 Å². The Morgan fingerprint density at radius 1 is 1.26 bits per heavy atom. The molecule has 0 radical (unpaired) electrons. The van der Waals surface area contributed by atoms with E-state index in [9.17, 15) is 4.79 Å². The van der Waals surface area contributed by atoms with Crippen molar-refractivity contribution >= 4 is 23.4 Å². The van der Waals surface area contributed by atoms with E-state index in [1.165, 1.54) is 24.6 Å². The van der Waals surface area contributed by atoms with Crippen LogP contribution in [0.2, 0.25) is 0 Å². The van der Waals surface area contributed by atoms with E-state index < -0.39 is 0 Å². The lowest BCUT2D eigenvalue weighted by Gasteiger charge is -2.20. The third kappa shape index (κ3) is 3.58. The number of thioether (sulfide) groups is 1. The minimum atomic E-state index is 0.0994. The summed E-state index contributed by atoms with van der Waals surface area (Å²) in [5.41, 5.74) is 0.941. The van der Waals surface area contributed by atoms with Crippen molar-refractivity contribution < 1.29 is 4.79 Å². The Morgan fingerprint density at radius 3 is 2.61 bits per heavy atom. The molecule has 1 aliphatic carbocycles. The van der Waals surface area contributed by atoms with E-state index in [4.69, 9.17) is 0 Å².